The Bertz CT molecular complexity index is 267. The first kappa shape index (κ1) is 11.4. The molecule has 2 nitrogen and oxygen atoms in total. The molecule has 0 fully saturated rings. The Balaban J connectivity index is 2.34. The number of hydrogen-bond acceptors (Lipinski definition) is 3. The number of Topliss-reactive ketones (excluding diaryl/α,β-unsaturated/α-hetero) is 1. The molecule has 0 aromatic carbocycles. The van der Waals surface area contributed by atoms with Crippen LogP contribution < -0.4 is 0 Å². The first-order chi connectivity index (χ1) is 6.74. The van der Waals surface area contributed by atoms with Crippen LogP contribution in [-0.2, 0) is 16.0 Å². The number of thiophene rings is 1. The van der Waals surface area contributed by atoms with Crippen LogP contribution in [0.15, 0.2) is 17.5 Å². The molecule has 1 aromatic heterocycles. The van der Waals surface area contributed by atoms with Gasteiger partial charge in [0, 0.05) is 30.9 Å². The van der Waals surface area contributed by atoms with Gasteiger partial charge in [-0.3, -0.25) is 4.79 Å². The van der Waals surface area contributed by atoms with Gasteiger partial charge in [-0.25, -0.2) is 0 Å². The van der Waals surface area contributed by atoms with Gasteiger partial charge in [-0.1, -0.05) is 13.0 Å². The first-order valence-electron chi connectivity index (χ1n) is 4.78. The van der Waals surface area contributed by atoms with E-state index in [-0.39, 0.29) is 5.92 Å². The fraction of sp³-hybridized carbons (Fsp3) is 0.545. The van der Waals surface area contributed by atoms with Crippen LogP contribution in [0.3, 0.4) is 0 Å². The van der Waals surface area contributed by atoms with Gasteiger partial charge >= 0.3 is 0 Å². The van der Waals surface area contributed by atoms with Crippen molar-refractivity contribution in [3.63, 3.8) is 0 Å². The summed E-state index contributed by atoms with van der Waals surface area (Å²) in [6.45, 7) is 2.63. The van der Waals surface area contributed by atoms with Gasteiger partial charge in [0.25, 0.3) is 0 Å². The number of carbonyl (C=O) groups is 1. The normalized spacial score (nSPS) is 12.7. The van der Waals surface area contributed by atoms with Crippen LogP contribution in [-0.4, -0.2) is 19.5 Å². The molecular formula is C11H16O2S. The maximum absolute atomic E-state index is 11.7. The predicted molar refractivity (Wildman–Crippen MR) is 58.7 cm³/mol. The molecule has 1 aromatic rings. The van der Waals surface area contributed by atoms with Crippen LogP contribution in [0.25, 0.3) is 0 Å². The molecule has 0 saturated heterocycles. The summed E-state index contributed by atoms with van der Waals surface area (Å²) in [5.41, 5.74) is 0. The number of carbonyl (C=O) groups excluding carboxylic acids is 1. The molecule has 0 aliphatic carbocycles. The first-order valence-corrected chi connectivity index (χ1v) is 5.66. The van der Waals surface area contributed by atoms with Gasteiger partial charge in [0.05, 0.1) is 0 Å². The maximum atomic E-state index is 11.7. The standard InChI is InChI=1S/C11H16O2S/c1-9(5-6-13-2)11(12)8-10-4-3-7-14-10/h3-4,7,9H,5-6,8H2,1-2H3. The molecule has 0 aliphatic rings. The summed E-state index contributed by atoms with van der Waals surface area (Å²) in [5, 5.41) is 2.00. The van der Waals surface area contributed by atoms with Gasteiger partial charge < -0.3 is 4.74 Å². The van der Waals surface area contributed by atoms with Crippen molar-refractivity contribution in [1.82, 2.24) is 0 Å². The number of methoxy groups -OCH3 is 1. The third kappa shape index (κ3) is 3.60. The highest BCUT2D eigenvalue weighted by Gasteiger charge is 2.13. The third-order valence-electron chi connectivity index (χ3n) is 2.23. The van der Waals surface area contributed by atoms with E-state index in [2.05, 4.69) is 0 Å². The van der Waals surface area contributed by atoms with Gasteiger partial charge in [-0.15, -0.1) is 11.3 Å². The van der Waals surface area contributed by atoms with Crippen molar-refractivity contribution in [3.8, 4) is 0 Å². The van der Waals surface area contributed by atoms with Gasteiger partial charge in [0.2, 0.25) is 0 Å². The van der Waals surface area contributed by atoms with E-state index in [4.69, 9.17) is 4.74 Å². The highest BCUT2D eigenvalue weighted by atomic mass is 32.1. The quantitative estimate of drug-likeness (QED) is 0.724. The summed E-state index contributed by atoms with van der Waals surface area (Å²) in [4.78, 5) is 12.8. The van der Waals surface area contributed by atoms with E-state index in [0.717, 1.165) is 11.3 Å². The summed E-state index contributed by atoms with van der Waals surface area (Å²) in [6, 6.07) is 3.98. The number of ketones is 1. The minimum Gasteiger partial charge on any atom is -0.385 e. The number of rotatable bonds is 6. The van der Waals surface area contributed by atoms with Crippen LogP contribution in [0.1, 0.15) is 18.2 Å². The average Bonchev–Trinajstić information content (AvgIpc) is 2.66. The highest BCUT2D eigenvalue weighted by molar-refractivity contribution is 7.10. The van der Waals surface area contributed by atoms with E-state index in [0.29, 0.717) is 18.8 Å². The molecule has 0 amide bonds. The zero-order valence-corrected chi connectivity index (χ0v) is 9.47. The molecule has 1 atom stereocenters. The van der Waals surface area contributed by atoms with E-state index in [1.807, 2.05) is 24.4 Å². The zero-order chi connectivity index (χ0) is 10.4. The summed E-state index contributed by atoms with van der Waals surface area (Å²) in [5.74, 6) is 0.418. The van der Waals surface area contributed by atoms with Gasteiger partial charge in [0.1, 0.15) is 5.78 Å². The molecule has 14 heavy (non-hydrogen) atoms. The number of hydrogen-bond donors (Lipinski definition) is 0. The number of ether oxygens (including phenoxy) is 1. The third-order valence-corrected chi connectivity index (χ3v) is 3.11. The van der Waals surface area contributed by atoms with Crippen molar-refractivity contribution in [2.75, 3.05) is 13.7 Å². The minimum atomic E-state index is 0.108. The molecule has 1 heterocycles. The van der Waals surface area contributed by atoms with E-state index < -0.39 is 0 Å². The molecule has 1 rings (SSSR count). The second kappa shape index (κ2) is 5.94. The van der Waals surface area contributed by atoms with Gasteiger partial charge in [-0.2, -0.15) is 0 Å². The largest absolute Gasteiger partial charge is 0.385 e. The molecule has 78 valence electrons. The van der Waals surface area contributed by atoms with Gasteiger partial charge in [-0.05, 0) is 17.9 Å². The van der Waals surface area contributed by atoms with E-state index >= 15 is 0 Å². The van der Waals surface area contributed by atoms with Crippen molar-refractivity contribution in [1.29, 1.82) is 0 Å². The molecule has 1 unspecified atom stereocenters. The Kier molecular flexibility index (Phi) is 4.84. The molecule has 0 aliphatic heterocycles. The lowest BCUT2D eigenvalue weighted by Gasteiger charge is -2.08. The van der Waals surface area contributed by atoms with Crippen molar-refractivity contribution < 1.29 is 9.53 Å². The lowest BCUT2D eigenvalue weighted by molar-refractivity contribution is -0.122. The van der Waals surface area contributed by atoms with Gasteiger partial charge in [0.15, 0.2) is 0 Å². The second-order valence-corrected chi connectivity index (χ2v) is 4.44. The SMILES string of the molecule is COCCC(C)C(=O)Cc1cccs1. The lowest BCUT2D eigenvalue weighted by atomic mass is 10.0. The second-order valence-electron chi connectivity index (χ2n) is 3.40. The summed E-state index contributed by atoms with van der Waals surface area (Å²) in [6.07, 6.45) is 1.39. The summed E-state index contributed by atoms with van der Waals surface area (Å²) in [7, 11) is 1.66. The fourth-order valence-electron chi connectivity index (χ4n) is 1.21. The molecular weight excluding hydrogens is 196 g/mol. The Morgan fingerprint density at radius 2 is 2.43 bits per heavy atom. The van der Waals surface area contributed by atoms with E-state index in [1.165, 1.54) is 0 Å². The summed E-state index contributed by atoms with van der Waals surface area (Å²) < 4.78 is 4.95. The van der Waals surface area contributed by atoms with Crippen LogP contribution >= 0.6 is 11.3 Å². The van der Waals surface area contributed by atoms with Crippen LogP contribution in [0.4, 0.5) is 0 Å². The molecule has 0 N–H and O–H groups in total. The molecule has 0 spiro atoms. The molecule has 0 radical (unpaired) electrons. The molecule has 0 bridgehead atoms. The predicted octanol–water partition coefficient (Wildman–Crippen LogP) is 2.53. The smallest absolute Gasteiger partial charge is 0.140 e. The van der Waals surface area contributed by atoms with Crippen LogP contribution in [0, 0.1) is 5.92 Å². The topological polar surface area (TPSA) is 26.3 Å². The average molecular weight is 212 g/mol. The Labute approximate surface area is 88.9 Å². The minimum absolute atomic E-state index is 0.108. The summed E-state index contributed by atoms with van der Waals surface area (Å²) >= 11 is 1.64. The lowest BCUT2D eigenvalue weighted by Crippen LogP contribution is -2.14. The highest BCUT2D eigenvalue weighted by Crippen LogP contribution is 2.13. The van der Waals surface area contributed by atoms with Crippen molar-refractivity contribution in [2.24, 2.45) is 5.92 Å². The van der Waals surface area contributed by atoms with Crippen LogP contribution in [0.5, 0.6) is 0 Å². The van der Waals surface area contributed by atoms with Crippen molar-refractivity contribution in [3.05, 3.63) is 22.4 Å². The van der Waals surface area contributed by atoms with Crippen molar-refractivity contribution in [2.45, 2.75) is 19.8 Å². The van der Waals surface area contributed by atoms with Crippen LogP contribution in [0.2, 0.25) is 0 Å². The van der Waals surface area contributed by atoms with E-state index in [9.17, 15) is 4.79 Å². The van der Waals surface area contributed by atoms with E-state index in [1.54, 1.807) is 18.4 Å². The Morgan fingerprint density at radius 3 is 3.00 bits per heavy atom. The fourth-order valence-corrected chi connectivity index (χ4v) is 1.93. The monoisotopic (exact) mass is 212 g/mol. The van der Waals surface area contributed by atoms with Crippen molar-refractivity contribution >= 4 is 17.1 Å². The zero-order valence-electron chi connectivity index (χ0n) is 8.66. The molecule has 3 heteroatoms. The molecule has 0 saturated carbocycles. The maximum Gasteiger partial charge on any atom is 0.140 e. The Morgan fingerprint density at radius 1 is 1.64 bits per heavy atom. The Hall–Kier alpha value is -0.670.